The molecule has 0 radical (unpaired) electrons. The van der Waals surface area contributed by atoms with E-state index in [0.29, 0.717) is 18.1 Å². The Morgan fingerprint density at radius 2 is 2.32 bits per heavy atom. The summed E-state index contributed by atoms with van der Waals surface area (Å²) in [5.41, 5.74) is 1.54. The molecule has 0 atom stereocenters. The summed E-state index contributed by atoms with van der Waals surface area (Å²) in [5.74, 6) is -0.550. The number of benzene rings is 1. The first kappa shape index (κ1) is 11.3. The second-order valence-corrected chi connectivity index (χ2v) is 3.98. The van der Waals surface area contributed by atoms with Crippen LogP contribution in [0.2, 0.25) is 0 Å². The molecule has 2 aromatic heterocycles. The minimum absolute atomic E-state index is 0.0599. The minimum Gasteiger partial charge on any atom is -0.475 e. The highest BCUT2D eigenvalue weighted by molar-refractivity contribution is 5.91. The van der Waals surface area contributed by atoms with Crippen LogP contribution in [0.5, 0.6) is 0 Å². The topological polar surface area (TPSA) is 104 Å². The van der Waals surface area contributed by atoms with Crippen LogP contribution < -0.4 is 5.32 Å². The van der Waals surface area contributed by atoms with E-state index in [0.717, 1.165) is 10.9 Å². The number of furan rings is 1. The van der Waals surface area contributed by atoms with Gasteiger partial charge in [0.2, 0.25) is 11.7 Å². The number of carboxylic acids is 1. The van der Waals surface area contributed by atoms with E-state index in [-0.39, 0.29) is 5.76 Å². The molecule has 0 bridgehead atoms. The smallest absolute Gasteiger partial charge is 0.371 e. The Morgan fingerprint density at radius 1 is 1.42 bits per heavy atom. The fourth-order valence-corrected chi connectivity index (χ4v) is 1.78. The highest BCUT2D eigenvalue weighted by Gasteiger charge is 2.10. The largest absolute Gasteiger partial charge is 0.475 e. The standard InChI is InChI=1S/C12H10N4O3/c17-11(18)10-4-8-3-7(1-2-9(8)19-10)5-13-12-14-6-15-16-12/h1-4,6H,5H2,(H,17,18)(H2,13,14,15,16). The molecule has 96 valence electrons. The number of hydrogen-bond acceptors (Lipinski definition) is 5. The van der Waals surface area contributed by atoms with Gasteiger partial charge in [0.05, 0.1) is 0 Å². The average Bonchev–Trinajstić information content (AvgIpc) is 3.04. The predicted octanol–water partition coefficient (Wildman–Crippen LogP) is 1.86. The Bertz CT molecular complexity index is 718. The van der Waals surface area contributed by atoms with E-state index in [9.17, 15) is 4.79 Å². The lowest BCUT2D eigenvalue weighted by Gasteiger charge is -2.02. The Kier molecular flexibility index (Phi) is 2.64. The molecule has 0 aliphatic carbocycles. The molecule has 0 saturated carbocycles. The number of carbonyl (C=O) groups is 1. The number of fused-ring (bicyclic) bond motifs is 1. The summed E-state index contributed by atoms with van der Waals surface area (Å²) in [6.07, 6.45) is 1.42. The number of carboxylic acid groups (broad SMARTS) is 1. The number of nitrogens with one attached hydrogen (secondary N) is 2. The van der Waals surface area contributed by atoms with Crippen molar-refractivity contribution in [2.45, 2.75) is 6.54 Å². The van der Waals surface area contributed by atoms with Gasteiger partial charge in [-0.15, -0.1) is 0 Å². The lowest BCUT2D eigenvalue weighted by molar-refractivity contribution is 0.0665. The molecule has 0 saturated heterocycles. The summed E-state index contributed by atoms with van der Waals surface area (Å²) in [7, 11) is 0. The normalized spacial score (nSPS) is 10.7. The van der Waals surface area contributed by atoms with Gasteiger partial charge in [0, 0.05) is 11.9 Å². The number of H-pyrrole nitrogens is 1. The van der Waals surface area contributed by atoms with Crippen LogP contribution in [0.15, 0.2) is 35.0 Å². The van der Waals surface area contributed by atoms with Gasteiger partial charge in [0.15, 0.2) is 0 Å². The number of rotatable bonds is 4. The third-order valence-electron chi connectivity index (χ3n) is 2.67. The summed E-state index contributed by atoms with van der Waals surface area (Å²) in [4.78, 5) is 14.8. The van der Waals surface area contributed by atoms with Crippen LogP contribution in [0.25, 0.3) is 11.0 Å². The second-order valence-electron chi connectivity index (χ2n) is 3.98. The molecular formula is C12H10N4O3. The number of hydrogen-bond donors (Lipinski definition) is 3. The van der Waals surface area contributed by atoms with Gasteiger partial charge in [0.25, 0.3) is 0 Å². The molecule has 7 nitrogen and oxygen atoms in total. The van der Waals surface area contributed by atoms with E-state index >= 15 is 0 Å². The van der Waals surface area contributed by atoms with Crippen LogP contribution in [0, 0.1) is 0 Å². The van der Waals surface area contributed by atoms with Crippen molar-refractivity contribution in [3.05, 3.63) is 41.9 Å². The molecule has 2 heterocycles. The number of aromatic carboxylic acids is 1. The third-order valence-corrected chi connectivity index (χ3v) is 2.67. The molecule has 3 N–H and O–H groups in total. The second kappa shape index (κ2) is 4.45. The third kappa shape index (κ3) is 2.25. The molecule has 0 aliphatic heterocycles. The van der Waals surface area contributed by atoms with Gasteiger partial charge in [-0.1, -0.05) is 6.07 Å². The van der Waals surface area contributed by atoms with Crippen LogP contribution in [0.4, 0.5) is 5.95 Å². The van der Waals surface area contributed by atoms with Crippen molar-refractivity contribution in [1.82, 2.24) is 15.2 Å². The zero-order valence-electron chi connectivity index (χ0n) is 9.75. The summed E-state index contributed by atoms with van der Waals surface area (Å²) < 4.78 is 5.19. The van der Waals surface area contributed by atoms with Gasteiger partial charge >= 0.3 is 5.97 Å². The van der Waals surface area contributed by atoms with Crippen LogP contribution in [-0.4, -0.2) is 26.3 Å². The molecule has 7 heteroatoms. The molecule has 0 spiro atoms. The number of anilines is 1. The zero-order valence-corrected chi connectivity index (χ0v) is 9.75. The van der Waals surface area contributed by atoms with Gasteiger partial charge in [-0.25, -0.2) is 14.9 Å². The molecule has 0 aliphatic rings. The van der Waals surface area contributed by atoms with Crippen molar-refractivity contribution < 1.29 is 14.3 Å². The molecule has 0 amide bonds. The van der Waals surface area contributed by atoms with Gasteiger partial charge in [0.1, 0.15) is 11.9 Å². The van der Waals surface area contributed by atoms with Crippen LogP contribution in [0.3, 0.4) is 0 Å². The van der Waals surface area contributed by atoms with Crippen LogP contribution in [0.1, 0.15) is 16.1 Å². The van der Waals surface area contributed by atoms with Crippen molar-refractivity contribution in [2.75, 3.05) is 5.32 Å². The Labute approximate surface area is 107 Å². The first-order chi connectivity index (χ1) is 9.22. The first-order valence-corrected chi connectivity index (χ1v) is 5.57. The molecule has 1 aromatic carbocycles. The lowest BCUT2D eigenvalue weighted by Crippen LogP contribution is -2.00. The van der Waals surface area contributed by atoms with Crippen molar-refractivity contribution in [3.63, 3.8) is 0 Å². The van der Waals surface area contributed by atoms with Gasteiger partial charge in [-0.2, -0.15) is 5.10 Å². The monoisotopic (exact) mass is 258 g/mol. The number of aromatic nitrogens is 3. The maximum absolute atomic E-state index is 10.8. The molecule has 3 rings (SSSR count). The summed E-state index contributed by atoms with van der Waals surface area (Å²) in [6, 6.07) is 6.99. The minimum atomic E-state index is -1.07. The van der Waals surface area contributed by atoms with Crippen molar-refractivity contribution in [2.24, 2.45) is 0 Å². The number of aromatic amines is 1. The van der Waals surface area contributed by atoms with E-state index in [4.69, 9.17) is 9.52 Å². The highest BCUT2D eigenvalue weighted by atomic mass is 16.4. The van der Waals surface area contributed by atoms with Gasteiger partial charge < -0.3 is 14.8 Å². The fourth-order valence-electron chi connectivity index (χ4n) is 1.78. The molecule has 0 fully saturated rings. The quantitative estimate of drug-likeness (QED) is 0.659. The fraction of sp³-hybridized carbons (Fsp3) is 0.0833. The Morgan fingerprint density at radius 3 is 3.05 bits per heavy atom. The Hall–Kier alpha value is -2.83. The molecule has 3 aromatic rings. The van der Waals surface area contributed by atoms with Gasteiger partial charge in [-0.3, -0.25) is 0 Å². The zero-order chi connectivity index (χ0) is 13.2. The SMILES string of the molecule is O=C(O)c1cc2cc(CNc3ncn[nH]3)ccc2o1. The van der Waals surface area contributed by atoms with E-state index in [1.165, 1.54) is 12.4 Å². The van der Waals surface area contributed by atoms with Crippen molar-refractivity contribution in [3.8, 4) is 0 Å². The maximum Gasteiger partial charge on any atom is 0.371 e. The average molecular weight is 258 g/mol. The number of nitrogens with zero attached hydrogens (tertiary/aromatic N) is 2. The predicted molar refractivity (Wildman–Crippen MR) is 66.9 cm³/mol. The lowest BCUT2D eigenvalue weighted by atomic mass is 10.1. The van der Waals surface area contributed by atoms with E-state index in [1.54, 1.807) is 6.07 Å². The van der Waals surface area contributed by atoms with Gasteiger partial charge in [-0.05, 0) is 23.8 Å². The van der Waals surface area contributed by atoms with Crippen LogP contribution >= 0.6 is 0 Å². The van der Waals surface area contributed by atoms with Crippen molar-refractivity contribution >= 4 is 22.9 Å². The van der Waals surface area contributed by atoms with E-state index < -0.39 is 5.97 Å². The molecular weight excluding hydrogens is 248 g/mol. The van der Waals surface area contributed by atoms with Crippen molar-refractivity contribution in [1.29, 1.82) is 0 Å². The summed E-state index contributed by atoms with van der Waals surface area (Å²) >= 11 is 0. The molecule has 19 heavy (non-hydrogen) atoms. The maximum atomic E-state index is 10.8. The summed E-state index contributed by atoms with van der Waals surface area (Å²) in [6.45, 7) is 0.554. The highest BCUT2D eigenvalue weighted by Crippen LogP contribution is 2.21. The molecule has 0 unspecified atom stereocenters. The summed E-state index contributed by atoms with van der Waals surface area (Å²) in [5, 5.41) is 19.1. The van der Waals surface area contributed by atoms with E-state index in [1.807, 2.05) is 12.1 Å². The van der Waals surface area contributed by atoms with Crippen LogP contribution in [-0.2, 0) is 6.54 Å². The Balaban J connectivity index is 1.82. The van der Waals surface area contributed by atoms with E-state index in [2.05, 4.69) is 20.5 Å². The first-order valence-electron chi connectivity index (χ1n) is 5.57.